The van der Waals surface area contributed by atoms with E-state index in [4.69, 9.17) is 23.2 Å². The zero-order valence-electron chi connectivity index (χ0n) is 6.50. The molecule has 0 unspecified atom stereocenters. The number of rotatable bonds is 1. The van der Waals surface area contributed by atoms with Gasteiger partial charge in [-0.15, -0.1) is 0 Å². The molecule has 0 aromatic carbocycles. The summed E-state index contributed by atoms with van der Waals surface area (Å²) in [7, 11) is 0. The Balaban J connectivity index is 2.57. The lowest BCUT2D eigenvalue weighted by atomic mass is 10.5. The fraction of sp³-hybridized carbons (Fsp3) is 0. The molecule has 0 saturated heterocycles. The van der Waals surface area contributed by atoms with Crippen LogP contribution in [-0.2, 0) is 0 Å². The first-order chi connectivity index (χ1) is 6.68. The van der Waals surface area contributed by atoms with Gasteiger partial charge < -0.3 is 0 Å². The summed E-state index contributed by atoms with van der Waals surface area (Å²) in [5.41, 5.74) is 0. The zero-order chi connectivity index (χ0) is 10.1. The SMILES string of the molecule is Clc1nc(-c2ncn[nH]2)nc(Cl)c1I. The van der Waals surface area contributed by atoms with Gasteiger partial charge in [0, 0.05) is 0 Å². The Labute approximate surface area is 102 Å². The molecule has 0 amide bonds. The highest BCUT2D eigenvalue weighted by atomic mass is 127. The molecular weight excluding hydrogens is 340 g/mol. The first kappa shape index (κ1) is 10.1. The molecule has 8 heteroatoms. The van der Waals surface area contributed by atoms with Gasteiger partial charge >= 0.3 is 0 Å². The van der Waals surface area contributed by atoms with Gasteiger partial charge in [0.1, 0.15) is 16.6 Å². The Morgan fingerprint density at radius 1 is 1.21 bits per heavy atom. The molecule has 14 heavy (non-hydrogen) atoms. The van der Waals surface area contributed by atoms with E-state index in [0.29, 0.717) is 25.5 Å². The quantitative estimate of drug-likeness (QED) is 0.637. The van der Waals surface area contributed by atoms with Crippen LogP contribution < -0.4 is 0 Å². The fourth-order valence-electron chi connectivity index (χ4n) is 0.813. The lowest BCUT2D eigenvalue weighted by molar-refractivity contribution is 1.06. The van der Waals surface area contributed by atoms with Crippen LogP contribution in [0.3, 0.4) is 0 Å². The van der Waals surface area contributed by atoms with Crippen LogP contribution in [0.25, 0.3) is 11.6 Å². The molecule has 2 heterocycles. The molecule has 2 rings (SSSR count). The van der Waals surface area contributed by atoms with Gasteiger partial charge in [0.15, 0.2) is 11.6 Å². The summed E-state index contributed by atoms with van der Waals surface area (Å²) in [4.78, 5) is 11.9. The van der Waals surface area contributed by atoms with Crippen LogP contribution in [-0.4, -0.2) is 25.1 Å². The second-order valence-corrected chi connectivity index (χ2v) is 4.07. The number of hydrogen-bond donors (Lipinski definition) is 1. The van der Waals surface area contributed by atoms with E-state index in [9.17, 15) is 0 Å². The molecule has 1 N–H and O–H groups in total. The fourth-order valence-corrected chi connectivity index (χ4v) is 1.44. The minimum atomic E-state index is 0.303. The molecule has 0 saturated carbocycles. The minimum absolute atomic E-state index is 0.303. The molecule has 0 aliphatic rings. The minimum Gasteiger partial charge on any atom is -0.257 e. The molecular formula is C6H2Cl2IN5. The maximum Gasteiger partial charge on any atom is 0.200 e. The number of hydrogen-bond acceptors (Lipinski definition) is 4. The summed E-state index contributed by atoms with van der Waals surface area (Å²) in [6.07, 6.45) is 1.36. The van der Waals surface area contributed by atoms with Crippen molar-refractivity contribution in [2.24, 2.45) is 0 Å². The number of H-pyrrole nitrogens is 1. The summed E-state index contributed by atoms with van der Waals surface area (Å²) < 4.78 is 0.620. The molecule has 0 aliphatic carbocycles. The number of halogens is 3. The molecule has 0 bridgehead atoms. The maximum atomic E-state index is 5.83. The van der Waals surface area contributed by atoms with Crippen LogP contribution in [0.5, 0.6) is 0 Å². The molecule has 0 radical (unpaired) electrons. The van der Waals surface area contributed by atoms with Gasteiger partial charge in [0.05, 0.1) is 3.57 Å². The third kappa shape index (κ3) is 1.82. The summed E-state index contributed by atoms with van der Waals surface area (Å²) in [6.45, 7) is 0. The monoisotopic (exact) mass is 341 g/mol. The van der Waals surface area contributed by atoms with Crippen LogP contribution in [0, 0.1) is 3.57 Å². The predicted octanol–water partition coefficient (Wildman–Crippen LogP) is 2.17. The van der Waals surface area contributed by atoms with E-state index in [1.54, 1.807) is 0 Å². The number of nitrogens with zero attached hydrogens (tertiary/aromatic N) is 4. The zero-order valence-corrected chi connectivity index (χ0v) is 10.2. The summed E-state index contributed by atoms with van der Waals surface area (Å²) in [5, 5.41) is 6.90. The highest BCUT2D eigenvalue weighted by molar-refractivity contribution is 14.1. The van der Waals surface area contributed by atoms with Gasteiger partial charge in [-0.2, -0.15) is 5.10 Å². The maximum absolute atomic E-state index is 5.83. The highest BCUT2D eigenvalue weighted by Crippen LogP contribution is 2.24. The normalized spacial score (nSPS) is 10.5. The van der Waals surface area contributed by atoms with Crippen LogP contribution in [0.2, 0.25) is 10.3 Å². The molecule has 0 fully saturated rings. The smallest absolute Gasteiger partial charge is 0.200 e. The molecule has 2 aromatic rings. The van der Waals surface area contributed by atoms with Crippen LogP contribution in [0.4, 0.5) is 0 Å². The lowest BCUT2D eigenvalue weighted by Crippen LogP contribution is -1.95. The summed E-state index contributed by atoms with van der Waals surface area (Å²) in [5.74, 6) is 0.767. The number of aromatic amines is 1. The van der Waals surface area contributed by atoms with Gasteiger partial charge in [0.25, 0.3) is 0 Å². The van der Waals surface area contributed by atoms with Crippen molar-refractivity contribution >= 4 is 45.8 Å². The van der Waals surface area contributed by atoms with Crippen molar-refractivity contribution in [2.45, 2.75) is 0 Å². The van der Waals surface area contributed by atoms with Crippen molar-refractivity contribution in [1.82, 2.24) is 25.1 Å². The van der Waals surface area contributed by atoms with Crippen molar-refractivity contribution in [2.75, 3.05) is 0 Å². The van der Waals surface area contributed by atoms with Crippen molar-refractivity contribution in [3.05, 3.63) is 20.2 Å². The third-order valence-electron chi connectivity index (χ3n) is 1.40. The van der Waals surface area contributed by atoms with Gasteiger partial charge in [-0.25, -0.2) is 15.0 Å². The van der Waals surface area contributed by atoms with E-state index in [2.05, 4.69) is 25.1 Å². The Morgan fingerprint density at radius 3 is 2.36 bits per heavy atom. The van der Waals surface area contributed by atoms with Crippen LogP contribution in [0.15, 0.2) is 6.33 Å². The van der Waals surface area contributed by atoms with Gasteiger partial charge in [0.2, 0.25) is 0 Å². The Kier molecular flexibility index (Phi) is 2.84. The van der Waals surface area contributed by atoms with Crippen LogP contribution in [0.1, 0.15) is 0 Å². The second kappa shape index (κ2) is 3.95. The third-order valence-corrected chi connectivity index (χ3v) is 3.60. The van der Waals surface area contributed by atoms with E-state index in [1.165, 1.54) is 6.33 Å². The van der Waals surface area contributed by atoms with Crippen molar-refractivity contribution < 1.29 is 0 Å². The summed E-state index contributed by atoms with van der Waals surface area (Å²) >= 11 is 13.6. The molecule has 0 atom stereocenters. The molecule has 2 aromatic heterocycles. The van der Waals surface area contributed by atoms with Gasteiger partial charge in [-0.3, -0.25) is 5.10 Å². The average molecular weight is 342 g/mol. The second-order valence-electron chi connectivity index (χ2n) is 2.28. The highest BCUT2D eigenvalue weighted by Gasteiger charge is 2.11. The largest absolute Gasteiger partial charge is 0.257 e. The van der Waals surface area contributed by atoms with Crippen molar-refractivity contribution in [3.8, 4) is 11.6 Å². The Bertz CT molecular complexity index is 434. The first-order valence-corrected chi connectivity index (χ1v) is 5.26. The van der Waals surface area contributed by atoms with E-state index in [0.717, 1.165) is 0 Å². The van der Waals surface area contributed by atoms with Crippen molar-refractivity contribution in [3.63, 3.8) is 0 Å². The molecule has 0 spiro atoms. The van der Waals surface area contributed by atoms with E-state index in [1.807, 2.05) is 22.6 Å². The predicted molar refractivity (Wildman–Crippen MR) is 60.1 cm³/mol. The molecule has 72 valence electrons. The number of aromatic nitrogens is 5. The molecule has 5 nitrogen and oxygen atoms in total. The Morgan fingerprint density at radius 2 is 1.86 bits per heavy atom. The molecule has 0 aliphatic heterocycles. The number of nitrogens with one attached hydrogen (secondary N) is 1. The van der Waals surface area contributed by atoms with Crippen molar-refractivity contribution in [1.29, 1.82) is 0 Å². The average Bonchev–Trinajstić information content (AvgIpc) is 2.66. The van der Waals surface area contributed by atoms with Gasteiger partial charge in [-0.05, 0) is 22.6 Å². The first-order valence-electron chi connectivity index (χ1n) is 3.42. The van der Waals surface area contributed by atoms with Gasteiger partial charge in [-0.1, -0.05) is 23.2 Å². The lowest BCUT2D eigenvalue weighted by Gasteiger charge is -1.99. The van der Waals surface area contributed by atoms with E-state index in [-0.39, 0.29) is 0 Å². The standard InChI is InChI=1S/C6H2Cl2IN5/c7-3-2(9)4(8)13-6(12-3)5-10-1-11-14-5/h1H,(H,10,11,14). The van der Waals surface area contributed by atoms with E-state index < -0.39 is 0 Å². The Hall–Kier alpha value is -0.470. The van der Waals surface area contributed by atoms with E-state index >= 15 is 0 Å². The summed E-state index contributed by atoms with van der Waals surface area (Å²) in [6, 6.07) is 0. The van der Waals surface area contributed by atoms with Crippen LogP contribution >= 0.6 is 45.8 Å². The topological polar surface area (TPSA) is 67.3 Å².